The number of para-hydroxylation sites is 2. The lowest BCUT2D eigenvalue weighted by Gasteiger charge is -2.17. The van der Waals surface area contributed by atoms with Gasteiger partial charge in [0.15, 0.2) is 0 Å². The Morgan fingerprint density at radius 2 is 0.868 bits per heavy atom. The van der Waals surface area contributed by atoms with Crippen molar-refractivity contribution in [1.82, 2.24) is 9.13 Å². The van der Waals surface area contributed by atoms with Crippen LogP contribution < -0.4 is 43.7 Å². The van der Waals surface area contributed by atoms with Gasteiger partial charge >= 0.3 is 0 Å². The monoisotopic (exact) mass is 670 g/mol. The highest BCUT2D eigenvalue weighted by Gasteiger charge is 2.24. The van der Waals surface area contributed by atoms with Crippen LogP contribution in [0.25, 0.3) is 88.1 Å². The molecule has 53 heavy (non-hydrogen) atoms. The van der Waals surface area contributed by atoms with Gasteiger partial charge in [0.1, 0.15) is 73.9 Å². The van der Waals surface area contributed by atoms with Gasteiger partial charge in [-0.2, -0.15) is 0 Å². The summed E-state index contributed by atoms with van der Waals surface area (Å²) >= 11 is 0. The van der Waals surface area contributed by atoms with Gasteiger partial charge < -0.3 is 13.6 Å². The first kappa shape index (κ1) is 32.1. The molecule has 0 N–H and O–H groups in total. The molecule has 10 rings (SSSR count). The molecule has 3 heterocycles. The first-order chi connectivity index (χ1) is 25.6. The largest absolute Gasteiger partial charge is 0.456 e. The average Bonchev–Trinajstić information content (AvgIpc) is 3.85. The zero-order valence-electron chi connectivity index (χ0n) is 31.7. The van der Waals surface area contributed by atoms with E-state index in [9.17, 15) is 0 Å². The third-order valence-corrected chi connectivity index (χ3v) is 12.7. The smallest absolute Gasteiger partial charge is 0.141 e. The topological polar surface area (TPSA) is 23.0 Å². The van der Waals surface area contributed by atoms with E-state index in [1.54, 1.807) is 0 Å². The van der Waals surface area contributed by atoms with Gasteiger partial charge in [-0.05, 0) is 82.6 Å². The fraction of sp³-hybridized carbons (Fsp3) is 0. The Morgan fingerprint density at radius 1 is 0.358 bits per heavy atom. The van der Waals surface area contributed by atoms with E-state index in [0.717, 1.165) is 27.6 Å². The number of nitrogens with zero attached hydrogens (tertiary/aromatic N) is 2. The highest BCUT2D eigenvalue weighted by Crippen LogP contribution is 2.38. The Hall–Kier alpha value is -5.54. The summed E-state index contributed by atoms with van der Waals surface area (Å²) in [6, 6.07) is 39.7. The number of hydrogen-bond donors (Lipinski definition) is 0. The number of rotatable bonds is 3. The van der Waals surface area contributed by atoms with Crippen LogP contribution in [0.4, 0.5) is 0 Å². The minimum absolute atomic E-state index is 0.905. The molecule has 0 aliphatic heterocycles. The summed E-state index contributed by atoms with van der Waals surface area (Å²) in [5, 5.41) is 7.53. The molecule has 0 bridgehead atoms. The molecule has 0 amide bonds. The van der Waals surface area contributed by atoms with Gasteiger partial charge in [0, 0.05) is 44.0 Å². The molecular weight excluding hydrogens is 635 g/mol. The van der Waals surface area contributed by atoms with E-state index in [1.165, 1.54) is 104 Å². The molecule has 11 heteroatoms. The number of fused-ring (bicyclic) bond motifs is 9. The van der Waals surface area contributed by atoms with Crippen molar-refractivity contribution in [1.29, 1.82) is 0 Å². The van der Waals surface area contributed by atoms with Crippen molar-refractivity contribution >= 4 is 172 Å². The molecular formula is C42H34B8N2O. The van der Waals surface area contributed by atoms with Crippen molar-refractivity contribution in [2.24, 2.45) is 0 Å². The van der Waals surface area contributed by atoms with Gasteiger partial charge in [-0.15, -0.1) is 10.9 Å². The molecule has 0 fully saturated rings. The summed E-state index contributed by atoms with van der Waals surface area (Å²) in [4.78, 5) is 0. The first-order valence-electron chi connectivity index (χ1n) is 18.7. The van der Waals surface area contributed by atoms with E-state index >= 15 is 0 Å². The van der Waals surface area contributed by atoms with Crippen molar-refractivity contribution in [3.63, 3.8) is 0 Å². The van der Waals surface area contributed by atoms with Crippen LogP contribution >= 0.6 is 0 Å². The van der Waals surface area contributed by atoms with Gasteiger partial charge in [-0.1, -0.05) is 81.3 Å². The fourth-order valence-electron chi connectivity index (χ4n) is 9.22. The Kier molecular flexibility index (Phi) is 6.96. The van der Waals surface area contributed by atoms with Crippen LogP contribution in [0.1, 0.15) is 0 Å². The maximum absolute atomic E-state index is 6.51. The molecule has 3 nitrogen and oxygen atoms in total. The van der Waals surface area contributed by atoms with Crippen molar-refractivity contribution in [3.05, 3.63) is 109 Å². The quantitative estimate of drug-likeness (QED) is 0.191. The van der Waals surface area contributed by atoms with E-state index in [1.807, 2.05) is 0 Å². The fourth-order valence-corrected chi connectivity index (χ4v) is 9.22. The summed E-state index contributed by atoms with van der Waals surface area (Å²) in [6.07, 6.45) is 0. The SMILES string of the molecule is Bc1c(B)c(B)c2c(c1B)c1c(B)c(B)c(B)c(B)c1n2-c1ccc2oc3ccc(-c4ccc5c(c4)c4ccccc4n5-c4ccccc4)cc3c2c1. The second-order valence-electron chi connectivity index (χ2n) is 15.2. The minimum Gasteiger partial charge on any atom is -0.456 e. The molecule has 0 saturated carbocycles. The van der Waals surface area contributed by atoms with Gasteiger partial charge in [-0.25, -0.2) is 0 Å². The van der Waals surface area contributed by atoms with E-state index in [4.69, 9.17) is 4.42 Å². The van der Waals surface area contributed by atoms with Crippen molar-refractivity contribution in [3.8, 4) is 22.5 Å². The number of furan rings is 1. The second kappa shape index (κ2) is 11.5. The molecule has 10 aromatic rings. The highest BCUT2D eigenvalue weighted by atomic mass is 16.3. The number of hydrogen-bond acceptors (Lipinski definition) is 1. The van der Waals surface area contributed by atoms with Crippen LogP contribution in [0.15, 0.2) is 114 Å². The number of aromatic nitrogens is 2. The van der Waals surface area contributed by atoms with E-state index < -0.39 is 0 Å². The van der Waals surface area contributed by atoms with E-state index in [-0.39, 0.29) is 0 Å². The summed E-state index contributed by atoms with van der Waals surface area (Å²) in [5.41, 5.74) is 22.5. The van der Waals surface area contributed by atoms with Crippen molar-refractivity contribution in [2.45, 2.75) is 0 Å². The predicted octanol–water partition coefficient (Wildman–Crippen LogP) is -2.49. The zero-order chi connectivity index (χ0) is 36.4. The highest BCUT2D eigenvalue weighted by molar-refractivity contribution is 6.71. The Bertz CT molecular complexity index is 3140. The maximum atomic E-state index is 6.51. The minimum atomic E-state index is 0.905. The van der Waals surface area contributed by atoms with E-state index in [0.29, 0.717) is 0 Å². The third kappa shape index (κ3) is 4.40. The molecule has 0 unspecified atom stereocenters. The van der Waals surface area contributed by atoms with Gasteiger partial charge in [-0.3, -0.25) is 0 Å². The van der Waals surface area contributed by atoms with Crippen LogP contribution in [0.3, 0.4) is 0 Å². The third-order valence-electron chi connectivity index (χ3n) is 12.7. The predicted molar refractivity (Wildman–Crippen MR) is 253 cm³/mol. The van der Waals surface area contributed by atoms with Crippen LogP contribution in [-0.4, -0.2) is 71.9 Å². The van der Waals surface area contributed by atoms with Crippen molar-refractivity contribution < 1.29 is 4.42 Å². The second-order valence-corrected chi connectivity index (χ2v) is 15.2. The lowest BCUT2D eigenvalue weighted by Crippen LogP contribution is -2.49. The van der Waals surface area contributed by atoms with Gasteiger partial charge in [0.2, 0.25) is 0 Å². The van der Waals surface area contributed by atoms with E-state index in [2.05, 4.69) is 181 Å². The van der Waals surface area contributed by atoms with Crippen LogP contribution in [0.5, 0.6) is 0 Å². The summed E-state index contributed by atoms with van der Waals surface area (Å²) in [5.74, 6) is 0. The van der Waals surface area contributed by atoms with Crippen LogP contribution in [0.2, 0.25) is 0 Å². The standard InChI is InChI=1S/C42H34B8N2O/c43-33-31-32-34(44)36(46)38(48)40(50)42(32)52(41(31)39(49)37(47)35(33)45)22-12-15-30-26(18-22)25-17-20(11-14-29(25)53-30)19-10-13-28-24(16-19)23-8-4-5-9-27(23)51(28)21-6-2-1-3-7-21/h1-18H,43-50H2. The molecule has 0 aliphatic rings. The molecule has 0 radical (unpaired) electrons. The van der Waals surface area contributed by atoms with Crippen LogP contribution in [-0.2, 0) is 0 Å². The molecule has 7 aromatic carbocycles. The molecule has 0 saturated heterocycles. The molecule has 3 aromatic heterocycles. The first-order valence-corrected chi connectivity index (χ1v) is 18.7. The average molecular weight is 669 g/mol. The van der Waals surface area contributed by atoms with Gasteiger partial charge in [0.05, 0.1) is 11.0 Å². The Morgan fingerprint density at radius 3 is 1.53 bits per heavy atom. The zero-order valence-corrected chi connectivity index (χ0v) is 31.7. The maximum Gasteiger partial charge on any atom is 0.141 e. The summed E-state index contributed by atoms with van der Waals surface area (Å²) in [7, 11) is 18.3. The lowest BCUT2D eigenvalue weighted by molar-refractivity contribution is 0.669. The van der Waals surface area contributed by atoms with Crippen LogP contribution in [0, 0.1) is 0 Å². The summed E-state index contributed by atoms with van der Waals surface area (Å²) < 4.78 is 11.4. The molecule has 0 spiro atoms. The molecule has 242 valence electrons. The number of benzene rings is 7. The molecule has 0 atom stereocenters. The molecule has 0 aliphatic carbocycles. The summed E-state index contributed by atoms with van der Waals surface area (Å²) in [6.45, 7) is 0. The van der Waals surface area contributed by atoms with Crippen molar-refractivity contribution in [2.75, 3.05) is 0 Å². The Balaban J connectivity index is 1.21. The normalized spacial score (nSPS) is 12.0. The lowest BCUT2D eigenvalue weighted by atomic mass is 9.63. The van der Waals surface area contributed by atoms with Gasteiger partial charge in [0.25, 0.3) is 0 Å². The Labute approximate surface area is 316 Å².